The van der Waals surface area contributed by atoms with Crippen LogP contribution in [0.1, 0.15) is 0 Å². The van der Waals surface area contributed by atoms with E-state index in [0.717, 1.165) is 21.8 Å². The highest BCUT2D eigenvalue weighted by Crippen LogP contribution is 2.22. The number of nitrogens with one attached hydrogen (secondary N) is 1. The molecule has 0 fully saturated rings. The van der Waals surface area contributed by atoms with Crippen LogP contribution in [0, 0.1) is 0 Å². The number of benzene rings is 1. The van der Waals surface area contributed by atoms with Gasteiger partial charge in [-0.1, -0.05) is 6.07 Å². The number of rotatable bonds is 0. The van der Waals surface area contributed by atoms with Gasteiger partial charge in [-0.05, 0) is 12.1 Å². The second-order valence-corrected chi connectivity index (χ2v) is 2.75. The van der Waals surface area contributed by atoms with E-state index in [-0.39, 0.29) is 0 Å². The summed E-state index contributed by atoms with van der Waals surface area (Å²) in [6.07, 6.45) is 3.49. The third-order valence-electron chi connectivity index (χ3n) is 2.05. The highest BCUT2D eigenvalue weighted by Gasteiger charge is 2.02. The molecule has 0 aliphatic rings. The van der Waals surface area contributed by atoms with Crippen LogP contribution in [0.2, 0.25) is 0 Å². The second kappa shape index (κ2) is 1.88. The van der Waals surface area contributed by atoms with Gasteiger partial charge < -0.3 is 4.52 Å². The highest BCUT2D eigenvalue weighted by molar-refractivity contribution is 6.03. The van der Waals surface area contributed by atoms with Gasteiger partial charge >= 0.3 is 0 Å². The first-order valence-corrected chi connectivity index (χ1v) is 3.74. The zero-order valence-corrected chi connectivity index (χ0v) is 6.24. The van der Waals surface area contributed by atoms with Crippen LogP contribution in [0.15, 0.2) is 35.2 Å². The maximum absolute atomic E-state index is 4.98. The van der Waals surface area contributed by atoms with E-state index in [1.165, 1.54) is 0 Å². The lowest BCUT2D eigenvalue weighted by atomic mass is 10.2. The Bertz CT molecular complexity index is 486. The van der Waals surface area contributed by atoms with Crippen LogP contribution in [-0.4, -0.2) is 10.1 Å². The van der Waals surface area contributed by atoms with E-state index in [9.17, 15) is 0 Å². The maximum atomic E-state index is 4.98. The van der Waals surface area contributed by atoms with Crippen LogP contribution in [0.3, 0.4) is 0 Å². The van der Waals surface area contributed by atoms with E-state index >= 15 is 0 Å². The fraction of sp³-hybridized carbons (Fsp3) is 0. The van der Waals surface area contributed by atoms with E-state index in [1.807, 2.05) is 18.2 Å². The summed E-state index contributed by atoms with van der Waals surface area (Å²) in [5.74, 6) is 0. The number of nitrogens with zero attached hydrogens (tertiary/aromatic N) is 1. The van der Waals surface area contributed by atoms with Gasteiger partial charge in [-0.3, -0.25) is 4.98 Å². The second-order valence-electron chi connectivity index (χ2n) is 2.75. The molecule has 3 heteroatoms. The van der Waals surface area contributed by atoms with E-state index in [4.69, 9.17) is 4.52 Å². The van der Waals surface area contributed by atoms with Crippen LogP contribution in [0.5, 0.6) is 0 Å². The normalized spacial score (nSPS) is 11.3. The Morgan fingerprint density at radius 2 is 2.25 bits per heavy atom. The SMILES string of the molecule is c1cc2ccc3[nH]occ3c2n1. The van der Waals surface area contributed by atoms with Crippen molar-refractivity contribution in [2.45, 2.75) is 0 Å². The molecule has 3 aromatic rings. The Kier molecular flexibility index (Phi) is 0.913. The van der Waals surface area contributed by atoms with Crippen molar-refractivity contribution in [3.8, 4) is 0 Å². The van der Waals surface area contributed by atoms with Crippen molar-refractivity contribution >= 4 is 21.8 Å². The van der Waals surface area contributed by atoms with E-state index in [1.54, 1.807) is 12.5 Å². The van der Waals surface area contributed by atoms with Gasteiger partial charge in [0.05, 0.1) is 16.4 Å². The number of aromatic amines is 1. The van der Waals surface area contributed by atoms with Crippen LogP contribution >= 0.6 is 0 Å². The minimum atomic E-state index is 0.987. The average molecular weight is 158 g/mol. The first-order valence-electron chi connectivity index (χ1n) is 3.74. The Labute approximate surface area is 68.0 Å². The molecule has 2 heterocycles. The summed E-state index contributed by atoms with van der Waals surface area (Å²) in [6.45, 7) is 0. The highest BCUT2D eigenvalue weighted by atomic mass is 16.5. The van der Waals surface area contributed by atoms with Gasteiger partial charge in [0, 0.05) is 11.6 Å². The molecule has 0 aliphatic heterocycles. The molecule has 1 N–H and O–H groups in total. The number of fused-ring (bicyclic) bond motifs is 3. The third-order valence-corrected chi connectivity index (χ3v) is 2.05. The van der Waals surface area contributed by atoms with Gasteiger partial charge in [-0.2, -0.15) is 0 Å². The van der Waals surface area contributed by atoms with E-state index in [0.29, 0.717) is 0 Å². The van der Waals surface area contributed by atoms with Gasteiger partial charge in [0.25, 0.3) is 0 Å². The smallest absolute Gasteiger partial charge is 0.130 e. The van der Waals surface area contributed by atoms with Crippen molar-refractivity contribution in [2.24, 2.45) is 0 Å². The summed E-state index contributed by atoms with van der Waals surface area (Å²) in [4.78, 5) is 4.24. The predicted octanol–water partition coefficient (Wildman–Crippen LogP) is 2.31. The number of H-pyrrole nitrogens is 1. The quantitative estimate of drug-likeness (QED) is 0.545. The molecule has 1 aromatic carbocycles. The summed E-state index contributed by atoms with van der Waals surface area (Å²) in [7, 11) is 0. The van der Waals surface area contributed by atoms with E-state index in [2.05, 4.69) is 10.1 Å². The molecule has 0 saturated heterocycles. The first kappa shape index (κ1) is 5.83. The summed E-state index contributed by atoms with van der Waals surface area (Å²) >= 11 is 0. The van der Waals surface area contributed by atoms with Gasteiger partial charge in [0.2, 0.25) is 0 Å². The summed E-state index contributed by atoms with van der Waals surface area (Å²) in [5, 5.41) is 4.98. The maximum Gasteiger partial charge on any atom is 0.130 e. The first-order chi connectivity index (χ1) is 5.95. The molecule has 0 saturated carbocycles. The average Bonchev–Trinajstić information content (AvgIpc) is 2.71. The molecule has 2 aromatic heterocycles. The molecule has 0 unspecified atom stereocenters. The number of hydrogen-bond acceptors (Lipinski definition) is 2. The largest absolute Gasteiger partial charge is 0.389 e. The summed E-state index contributed by atoms with van der Waals surface area (Å²) in [6, 6.07) is 6.00. The van der Waals surface area contributed by atoms with Crippen molar-refractivity contribution in [1.82, 2.24) is 10.1 Å². The zero-order chi connectivity index (χ0) is 7.97. The van der Waals surface area contributed by atoms with Crippen molar-refractivity contribution in [1.29, 1.82) is 0 Å². The molecular formula is C9H6N2O. The zero-order valence-electron chi connectivity index (χ0n) is 6.24. The lowest BCUT2D eigenvalue weighted by Crippen LogP contribution is -1.69. The van der Waals surface area contributed by atoms with Gasteiger partial charge in [-0.25, -0.2) is 5.16 Å². The predicted molar refractivity (Wildman–Crippen MR) is 45.9 cm³/mol. The molecule has 0 spiro atoms. The summed E-state index contributed by atoms with van der Waals surface area (Å²) < 4.78 is 4.98. The fourth-order valence-electron chi connectivity index (χ4n) is 1.46. The van der Waals surface area contributed by atoms with Crippen molar-refractivity contribution in [3.05, 3.63) is 30.7 Å². The molecular weight excluding hydrogens is 152 g/mol. The third kappa shape index (κ3) is 0.580. The molecule has 3 nitrogen and oxygen atoms in total. The van der Waals surface area contributed by atoms with Crippen LogP contribution < -0.4 is 0 Å². The molecule has 0 radical (unpaired) electrons. The molecule has 0 aliphatic carbocycles. The molecule has 0 bridgehead atoms. The minimum Gasteiger partial charge on any atom is -0.389 e. The Morgan fingerprint density at radius 1 is 1.25 bits per heavy atom. The Balaban J connectivity index is 2.71. The summed E-state index contributed by atoms with van der Waals surface area (Å²) in [5.41, 5.74) is 1.98. The van der Waals surface area contributed by atoms with Crippen LogP contribution in [0.25, 0.3) is 21.8 Å². The van der Waals surface area contributed by atoms with Crippen molar-refractivity contribution < 1.29 is 4.52 Å². The molecule has 0 amide bonds. The lowest BCUT2D eigenvalue weighted by molar-refractivity contribution is 0.428. The van der Waals surface area contributed by atoms with Gasteiger partial charge in [0.1, 0.15) is 6.26 Å². The number of hydrogen-bond donors (Lipinski definition) is 1. The number of aromatic nitrogens is 2. The van der Waals surface area contributed by atoms with Crippen LogP contribution in [0.4, 0.5) is 0 Å². The van der Waals surface area contributed by atoms with Crippen molar-refractivity contribution in [2.75, 3.05) is 0 Å². The molecule has 3 rings (SSSR count). The standard InChI is InChI=1S/C9H6N2O/c1-2-8-7(5-12-11-8)9-6(1)3-4-10-9/h1-5,11H. The van der Waals surface area contributed by atoms with Crippen molar-refractivity contribution in [3.63, 3.8) is 0 Å². The van der Waals surface area contributed by atoms with Gasteiger partial charge in [0.15, 0.2) is 0 Å². The molecule has 0 atom stereocenters. The van der Waals surface area contributed by atoms with E-state index < -0.39 is 0 Å². The minimum absolute atomic E-state index is 0.987. The fourth-order valence-corrected chi connectivity index (χ4v) is 1.46. The molecule has 58 valence electrons. The molecule has 12 heavy (non-hydrogen) atoms. The van der Waals surface area contributed by atoms with Crippen LogP contribution in [-0.2, 0) is 0 Å². The van der Waals surface area contributed by atoms with Gasteiger partial charge in [-0.15, -0.1) is 0 Å². The monoisotopic (exact) mass is 158 g/mol. The lowest BCUT2D eigenvalue weighted by Gasteiger charge is -1.87. The topological polar surface area (TPSA) is 41.8 Å². The Hall–Kier alpha value is -1.77. The Morgan fingerprint density at radius 3 is 3.25 bits per heavy atom.